The standard InChI is InChI=1S/C9H17N5O/c1-6(5-15-3)14(2)8-4-7(10)12-9(11)13-8/h4,6H,5H2,1-3H3,(H4,10,11,12,13). The second-order valence-electron chi connectivity index (χ2n) is 3.42. The quantitative estimate of drug-likeness (QED) is 0.734. The molecule has 1 heterocycles. The number of nitrogen functional groups attached to an aromatic ring is 2. The molecule has 0 amide bonds. The molecule has 6 nitrogen and oxygen atoms in total. The van der Waals surface area contributed by atoms with Crippen molar-refractivity contribution < 1.29 is 4.74 Å². The number of aromatic nitrogens is 2. The molecule has 1 atom stereocenters. The van der Waals surface area contributed by atoms with Gasteiger partial charge in [0.2, 0.25) is 5.95 Å². The highest BCUT2D eigenvalue weighted by Crippen LogP contribution is 2.15. The van der Waals surface area contributed by atoms with Crippen LogP contribution in [0.25, 0.3) is 0 Å². The van der Waals surface area contributed by atoms with E-state index in [-0.39, 0.29) is 12.0 Å². The number of ether oxygens (including phenoxy) is 1. The van der Waals surface area contributed by atoms with Crippen LogP contribution < -0.4 is 16.4 Å². The van der Waals surface area contributed by atoms with Gasteiger partial charge in [0, 0.05) is 20.2 Å². The van der Waals surface area contributed by atoms with Crippen LogP contribution in [0.15, 0.2) is 6.07 Å². The summed E-state index contributed by atoms with van der Waals surface area (Å²) in [6.45, 7) is 2.64. The van der Waals surface area contributed by atoms with Crippen molar-refractivity contribution in [2.75, 3.05) is 37.1 Å². The number of hydrogen-bond acceptors (Lipinski definition) is 6. The first-order valence-electron chi connectivity index (χ1n) is 4.66. The van der Waals surface area contributed by atoms with E-state index in [0.29, 0.717) is 18.2 Å². The van der Waals surface area contributed by atoms with Gasteiger partial charge >= 0.3 is 0 Å². The third kappa shape index (κ3) is 2.95. The van der Waals surface area contributed by atoms with Crippen LogP contribution in [0.2, 0.25) is 0 Å². The highest BCUT2D eigenvalue weighted by Gasteiger charge is 2.12. The maximum absolute atomic E-state index is 5.58. The minimum Gasteiger partial charge on any atom is -0.383 e. The zero-order valence-corrected chi connectivity index (χ0v) is 9.27. The zero-order chi connectivity index (χ0) is 11.4. The molecule has 1 rings (SSSR count). The molecule has 1 unspecified atom stereocenters. The fraction of sp³-hybridized carbons (Fsp3) is 0.556. The molecule has 15 heavy (non-hydrogen) atoms. The molecule has 0 aromatic carbocycles. The predicted molar refractivity (Wildman–Crippen MR) is 60.6 cm³/mol. The third-order valence-corrected chi connectivity index (χ3v) is 2.18. The molecule has 0 saturated heterocycles. The van der Waals surface area contributed by atoms with Gasteiger partial charge in [0.25, 0.3) is 0 Å². The van der Waals surface area contributed by atoms with E-state index in [1.807, 2.05) is 18.9 Å². The summed E-state index contributed by atoms with van der Waals surface area (Å²) in [4.78, 5) is 9.85. The van der Waals surface area contributed by atoms with Crippen molar-refractivity contribution in [3.05, 3.63) is 6.07 Å². The van der Waals surface area contributed by atoms with Crippen molar-refractivity contribution >= 4 is 17.6 Å². The van der Waals surface area contributed by atoms with Gasteiger partial charge in [-0.2, -0.15) is 9.97 Å². The average molecular weight is 211 g/mol. The number of anilines is 3. The maximum Gasteiger partial charge on any atom is 0.223 e. The van der Waals surface area contributed by atoms with Crippen molar-refractivity contribution in [1.82, 2.24) is 9.97 Å². The maximum atomic E-state index is 5.58. The topological polar surface area (TPSA) is 90.3 Å². The van der Waals surface area contributed by atoms with Crippen molar-refractivity contribution in [3.63, 3.8) is 0 Å². The fourth-order valence-electron chi connectivity index (χ4n) is 1.23. The summed E-state index contributed by atoms with van der Waals surface area (Å²) >= 11 is 0. The molecule has 0 aliphatic heterocycles. The first-order chi connectivity index (χ1) is 7.04. The second-order valence-corrected chi connectivity index (χ2v) is 3.42. The van der Waals surface area contributed by atoms with Crippen LogP contribution in [0, 0.1) is 0 Å². The van der Waals surface area contributed by atoms with E-state index in [1.54, 1.807) is 13.2 Å². The van der Waals surface area contributed by atoms with E-state index in [1.165, 1.54) is 0 Å². The highest BCUT2D eigenvalue weighted by molar-refractivity contribution is 5.50. The monoisotopic (exact) mass is 211 g/mol. The summed E-state index contributed by atoms with van der Waals surface area (Å²) in [6.07, 6.45) is 0. The van der Waals surface area contributed by atoms with Gasteiger partial charge in [-0.15, -0.1) is 0 Å². The van der Waals surface area contributed by atoms with Crippen molar-refractivity contribution in [1.29, 1.82) is 0 Å². The molecular formula is C9H17N5O. The minimum atomic E-state index is 0.182. The first-order valence-corrected chi connectivity index (χ1v) is 4.66. The van der Waals surface area contributed by atoms with E-state index in [9.17, 15) is 0 Å². The molecule has 4 N–H and O–H groups in total. The average Bonchev–Trinajstić information content (AvgIpc) is 2.15. The molecular weight excluding hydrogens is 194 g/mol. The lowest BCUT2D eigenvalue weighted by Gasteiger charge is -2.25. The van der Waals surface area contributed by atoms with Gasteiger partial charge in [0.1, 0.15) is 11.6 Å². The zero-order valence-electron chi connectivity index (χ0n) is 9.27. The van der Waals surface area contributed by atoms with Gasteiger partial charge in [0.15, 0.2) is 0 Å². The Hall–Kier alpha value is -1.56. The number of hydrogen-bond donors (Lipinski definition) is 2. The Bertz CT molecular complexity index is 310. The summed E-state index contributed by atoms with van der Waals surface area (Å²) in [5.74, 6) is 1.25. The molecule has 0 radical (unpaired) electrons. The minimum absolute atomic E-state index is 0.182. The molecule has 0 saturated carbocycles. The summed E-state index contributed by atoms with van der Waals surface area (Å²) in [6, 6.07) is 1.88. The summed E-state index contributed by atoms with van der Waals surface area (Å²) < 4.78 is 5.06. The number of nitrogens with two attached hydrogens (primary N) is 2. The van der Waals surface area contributed by atoms with E-state index in [4.69, 9.17) is 16.2 Å². The molecule has 0 aliphatic rings. The van der Waals surface area contributed by atoms with E-state index in [2.05, 4.69) is 9.97 Å². The lowest BCUT2D eigenvalue weighted by molar-refractivity contribution is 0.183. The molecule has 0 aliphatic carbocycles. The van der Waals surface area contributed by atoms with Crippen molar-refractivity contribution in [2.24, 2.45) is 0 Å². The molecule has 0 fully saturated rings. The largest absolute Gasteiger partial charge is 0.383 e. The van der Waals surface area contributed by atoms with E-state index in [0.717, 1.165) is 0 Å². The van der Waals surface area contributed by atoms with Crippen LogP contribution in [0.5, 0.6) is 0 Å². The van der Waals surface area contributed by atoms with Crippen molar-refractivity contribution in [2.45, 2.75) is 13.0 Å². The Kier molecular flexibility index (Phi) is 3.68. The van der Waals surface area contributed by atoms with Crippen LogP contribution in [-0.2, 0) is 4.74 Å². The Morgan fingerprint density at radius 3 is 2.67 bits per heavy atom. The fourth-order valence-corrected chi connectivity index (χ4v) is 1.23. The van der Waals surface area contributed by atoms with Crippen LogP contribution in [-0.4, -0.2) is 36.8 Å². The molecule has 0 spiro atoms. The number of likely N-dealkylation sites (N-methyl/N-ethyl adjacent to an activating group) is 1. The molecule has 0 bridgehead atoms. The Balaban J connectivity index is 2.85. The number of methoxy groups -OCH3 is 1. The predicted octanol–water partition coefficient (Wildman–Crippen LogP) is 0.112. The summed E-state index contributed by atoms with van der Waals surface area (Å²) in [5, 5.41) is 0. The Morgan fingerprint density at radius 2 is 2.13 bits per heavy atom. The van der Waals surface area contributed by atoms with Crippen LogP contribution >= 0.6 is 0 Å². The SMILES string of the molecule is COCC(C)N(C)c1cc(N)nc(N)n1. The number of rotatable bonds is 4. The lowest BCUT2D eigenvalue weighted by atomic mass is 10.3. The van der Waals surface area contributed by atoms with Gasteiger partial charge < -0.3 is 21.1 Å². The molecule has 84 valence electrons. The molecule has 1 aromatic heterocycles. The van der Waals surface area contributed by atoms with Crippen molar-refractivity contribution in [3.8, 4) is 0 Å². The summed E-state index contributed by atoms with van der Waals surface area (Å²) in [7, 11) is 3.57. The normalized spacial score (nSPS) is 12.5. The van der Waals surface area contributed by atoms with Crippen LogP contribution in [0.1, 0.15) is 6.92 Å². The highest BCUT2D eigenvalue weighted by atomic mass is 16.5. The Morgan fingerprint density at radius 1 is 1.47 bits per heavy atom. The Labute approximate surface area is 89.2 Å². The van der Waals surface area contributed by atoms with Gasteiger partial charge in [-0.25, -0.2) is 0 Å². The van der Waals surface area contributed by atoms with Crippen LogP contribution in [0.3, 0.4) is 0 Å². The third-order valence-electron chi connectivity index (χ3n) is 2.18. The first kappa shape index (κ1) is 11.5. The van der Waals surface area contributed by atoms with Crippen LogP contribution in [0.4, 0.5) is 17.6 Å². The smallest absolute Gasteiger partial charge is 0.223 e. The van der Waals surface area contributed by atoms with Gasteiger partial charge in [-0.1, -0.05) is 0 Å². The van der Waals surface area contributed by atoms with Gasteiger partial charge in [-0.3, -0.25) is 0 Å². The van der Waals surface area contributed by atoms with E-state index >= 15 is 0 Å². The van der Waals surface area contributed by atoms with Gasteiger partial charge in [-0.05, 0) is 6.92 Å². The summed E-state index contributed by atoms with van der Waals surface area (Å²) in [5.41, 5.74) is 11.1. The number of nitrogens with zero attached hydrogens (tertiary/aromatic N) is 3. The second kappa shape index (κ2) is 4.79. The lowest BCUT2D eigenvalue weighted by Crippen LogP contribution is -2.33. The molecule has 1 aromatic rings. The molecule has 6 heteroatoms. The van der Waals surface area contributed by atoms with Gasteiger partial charge in [0.05, 0.1) is 12.6 Å². The van der Waals surface area contributed by atoms with E-state index < -0.39 is 0 Å².